The van der Waals surface area contributed by atoms with Crippen molar-refractivity contribution in [2.75, 3.05) is 53.8 Å². The van der Waals surface area contributed by atoms with Crippen molar-refractivity contribution >= 4 is 0 Å². The van der Waals surface area contributed by atoms with Crippen LogP contribution in [0.5, 0.6) is 5.75 Å². The summed E-state index contributed by atoms with van der Waals surface area (Å²) in [5, 5.41) is 3.27. The standard InChI is InChI=1S/C15H26N2O4/c1-13-4-5-15(21-11-10-20-9-8-19-3)14(17-13)12-16-6-7-18-2/h4-5,16H,6-12H2,1-3H3. The van der Waals surface area contributed by atoms with Gasteiger partial charge in [0.05, 0.1) is 32.1 Å². The van der Waals surface area contributed by atoms with Gasteiger partial charge in [0.1, 0.15) is 12.4 Å². The zero-order chi connectivity index (χ0) is 15.3. The molecule has 0 aliphatic carbocycles. The Bertz CT molecular complexity index is 388. The maximum Gasteiger partial charge on any atom is 0.142 e. The van der Waals surface area contributed by atoms with Gasteiger partial charge in [-0.3, -0.25) is 4.98 Å². The van der Waals surface area contributed by atoms with Crippen LogP contribution in [0.25, 0.3) is 0 Å². The Morgan fingerprint density at radius 3 is 2.52 bits per heavy atom. The van der Waals surface area contributed by atoms with E-state index in [-0.39, 0.29) is 0 Å². The van der Waals surface area contributed by atoms with E-state index in [2.05, 4.69) is 10.3 Å². The monoisotopic (exact) mass is 298 g/mol. The SMILES string of the molecule is COCCNCc1nc(C)ccc1OCCOCCOC. The smallest absolute Gasteiger partial charge is 0.142 e. The topological polar surface area (TPSA) is 61.8 Å². The molecule has 0 bridgehead atoms. The van der Waals surface area contributed by atoms with Crippen LogP contribution < -0.4 is 10.1 Å². The van der Waals surface area contributed by atoms with E-state index >= 15 is 0 Å². The van der Waals surface area contributed by atoms with Crippen molar-refractivity contribution < 1.29 is 18.9 Å². The molecule has 1 heterocycles. The molecule has 0 unspecified atom stereocenters. The molecular weight excluding hydrogens is 272 g/mol. The highest BCUT2D eigenvalue weighted by molar-refractivity contribution is 5.29. The fourth-order valence-electron chi connectivity index (χ4n) is 1.69. The molecule has 1 N–H and O–H groups in total. The Hall–Kier alpha value is -1.21. The molecule has 6 heteroatoms. The summed E-state index contributed by atoms with van der Waals surface area (Å²) in [4.78, 5) is 4.51. The molecule has 120 valence electrons. The predicted molar refractivity (Wildman–Crippen MR) is 80.7 cm³/mol. The minimum atomic E-state index is 0.500. The molecule has 0 saturated heterocycles. The van der Waals surface area contributed by atoms with Gasteiger partial charge in [-0.25, -0.2) is 0 Å². The summed E-state index contributed by atoms with van der Waals surface area (Å²) in [5.41, 5.74) is 1.88. The van der Waals surface area contributed by atoms with Crippen LogP contribution in [0.15, 0.2) is 12.1 Å². The Kier molecular flexibility index (Phi) is 9.73. The highest BCUT2D eigenvalue weighted by atomic mass is 16.5. The lowest BCUT2D eigenvalue weighted by Crippen LogP contribution is -2.20. The molecule has 6 nitrogen and oxygen atoms in total. The zero-order valence-electron chi connectivity index (χ0n) is 13.2. The normalized spacial score (nSPS) is 10.8. The van der Waals surface area contributed by atoms with Gasteiger partial charge in [0.15, 0.2) is 0 Å². The van der Waals surface area contributed by atoms with Gasteiger partial charge in [-0.05, 0) is 19.1 Å². The lowest BCUT2D eigenvalue weighted by atomic mass is 10.3. The predicted octanol–water partition coefficient (Wildman–Crippen LogP) is 1.17. The second-order valence-electron chi connectivity index (χ2n) is 4.52. The lowest BCUT2D eigenvalue weighted by Gasteiger charge is -2.12. The van der Waals surface area contributed by atoms with Crippen molar-refractivity contribution in [3.63, 3.8) is 0 Å². The Balaban J connectivity index is 2.37. The second-order valence-corrected chi connectivity index (χ2v) is 4.52. The number of nitrogens with one attached hydrogen (secondary N) is 1. The van der Waals surface area contributed by atoms with Crippen molar-refractivity contribution in [3.8, 4) is 5.75 Å². The number of pyridine rings is 1. The van der Waals surface area contributed by atoms with Crippen molar-refractivity contribution in [2.45, 2.75) is 13.5 Å². The van der Waals surface area contributed by atoms with Crippen LogP contribution in [-0.4, -0.2) is 58.8 Å². The molecule has 1 aromatic rings. The van der Waals surface area contributed by atoms with Gasteiger partial charge in [0, 0.05) is 33.0 Å². The number of methoxy groups -OCH3 is 2. The Labute approximate surface area is 126 Å². The molecule has 0 spiro atoms. The maximum atomic E-state index is 5.73. The minimum absolute atomic E-state index is 0.500. The third-order valence-electron chi connectivity index (χ3n) is 2.76. The van der Waals surface area contributed by atoms with E-state index in [0.29, 0.717) is 39.6 Å². The first-order chi connectivity index (χ1) is 10.3. The Morgan fingerprint density at radius 1 is 1.00 bits per heavy atom. The summed E-state index contributed by atoms with van der Waals surface area (Å²) < 4.78 is 21.0. The fourth-order valence-corrected chi connectivity index (χ4v) is 1.69. The summed E-state index contributed by atoms with van der Waals surface area (Å²) >= 11 is 0. The van der Waals surface area contributed by atoms with Gasteiger partial charge >= 0.3 is 0 Å². The Morgan fingerprint density at radius 2 is 1.76 bits per heavy atom. The molecule has 0 amide bonds. The summed E-state index contributed by atoms with van der Waals surface area (Å²) in [6, 6.07) is 3.89. The number of rotatable bonds is 12. The van der Waals surface area contributed by atoms with Gasteiger partial charge in [0.2, 0.25) is 0 Å². The number of aromatic nitrogens is 1. The first kappa shape index (κ1) is 17.8. The van der Waals surface area contributed by atoms with E-state index in [4.69, 9.17) is 18.9 Å². The number of hydrogen-bond acceptors (Lipinski definition) is 6. The number of ether oxygens (including phenoxy) is 4. The first-order valence-corrected chi connectivity index (χ1v) is 7.13. The zero-order valence-corrected chi connectivity index (χ0v) is 13.2. The average molecular weight is 298 g/mol. The summed E-state index contributed by atoms with van der Waals surface area (Å²) in [7, 11) is 3.34. The van der Waals surface area contributed by atoms with Gasteiger partial charge in [-0.2, -0.15) is 0 Å². The molecule has 0 aliphatic heterocycles. The van der Waals surface area contributed by atoms with E-state index in [1.54, 1.807) is 14.2 Å². The van der Waals surface area contributed by atoms with E-state index in [1.165, 1.54) is 0 Å². The quantitative estimate of drug-likeness (QED) is 0.585. The second kappa shape index (κ2) is 11.4. The van der Waals surface area contributed by atoms with Crippen LogP contribution in [0.1, 0.15) is 11.4 Å². The van der Waals surface area contributed by atoms with Crippen LogP contribution >= 0.6 is 0 Å². The van der Waals surface area contributed by atoms with E-state index in [0.717, 1.165) is 23.7 Å². The van der Waals surface area contributed by atoms with Crippen LogP contribution in [0.2, 0.25) is 0 Å². The molecule has 0 saturated carbocycles. The van der Waals surface area contributed by atoms with Crippen LogP contribution in [-0.2, 0) is 20.8 Å². The molecule has 0 atom stereocenters. The minimum Gasteiger partial charge on any atom is -0.489 e. The molecule has 21 heavy (non-hydrogen) atoms. The van der Waals surface area contributed by atoms with Crippen molar-refractivity contribution in [1.82, 2.24) is 10.3 Å². The summed E-state index contributed by atoms with van der Waals surface area (Å²) in [6.07, 6.45) is 0. The van der Waals surface area contributed by atoms with Crippen LogP contribution in [0.3, 0.4) is 0 Å². The fraction of sp³-hybridized carbons (Fsp3) is 0.667. The largest absolute Gasteiger partial charge is 0.489 e. The summed E-state index contributed by atoms with van der Waals surface area (Å²) in [6.45, 7) is 6.30. The maximum absolute atomic E-state index is 5.73. The lowest BCUT2D eigenvalue weighted by molar-refractivity contribution is 0.0542. The first-order valence-electron chi connectivity index (χ1n) is 7.13. The molecule has 1 rings (SSSR count). The van der Waals surface area contributed by atoms with Crippen molar-refractivity contribution in [3.05, 3.63) is 23.5 Å². The third-order valence-corrected chi connectivity index (χ3v) is 2.76. The molecule has 0 aromatic carbocycles. The van der Waals surface area contributed by atoms with Gasteiger partial charge < -0.3 is 24.3 Å². The van der Waals surface area contributed by atoms with Gasteiger partial charge in [-0.15, -0.1) is 0 Å². The number of aryl methyl sites for hydroxylation is 1. The molecule has 0 fully saturated rings. The summed E-state index contributed by atoms with van der Waals surface area (Å²) in [5.74, 6) is 0.792. The van der Waals surface area contributed by atoms with E-state index in [1.807, 2.05) is 19.1 Å². The molecule has 1 aromatic heterocycles. The van der Waals surface area contributed by atoms with Gasteiger partial charge in [-0.1, -0.05) is 0 Å². The molecular formula is C15H26N2O4. The molecule has 0 radical (unpaired) electrons. The van der Waals surface area contributed by atoms with Crippen LogP contribution in [0, 0.1) is 6.92 Å². The highest BCUT2D eigenvalue weighted by Crippen LogP contribution is 2.16. The van der Waals surface area contributed by atoms with E-state index < -0.39 is 0 Å². The number of nitrogens with zero attached hydrogens (tertiary/aromatic N) is 1. The van der Waals surface area contributed by atoms with Crippen molar-refractivity contribution in [1.29, 1.82) is 0 Å². The van der Waals surface area contributed by atoms with Crippen LogP contribution in [0.4, 0.5) is 0 Å². The average Bonchev–Trinajstić information content (AvgIpc) is 2.49. The third kappa shape index (κ3) is 7.96. The number of hydrogen-bond donors (Lipinski definition) is 1. The highest BCUT2D eigenvalue weighted by Gasteiger charge is 2.05. The van der Waals surface area contributed by atoms with E-state index in [9.17, 15) is 0 Å². The van der Waals surface area contributed by atoms with Crippen molar-refractivity contribution in [2.24, 2.45) is 0 Å². The van der Waals surface area contributed by atoms with Gasteiger partial charge in [0.25, 0.3) is 0 Å². The molecule has 0 aliphatic rings.